The van der Waals surface area contributed by atoms with Crippen molar-refractivity contribution in [2.45, 2.75) is 13.1 Å². The summed E-state index contributed by atoms with van der Waals surface area (Å²) >= 11 is 11.2. The minimum absolute atomic E-state index is 0.0753. The molecule has 2 aromatic carbocycles. The second-order valence-electron chi connectivity index (χ2n) is 5.89. The van der Waals surface area contributed by atoms with Gasteiger partial charge in [0.15, 0.2) is 5.11 Å². The van der Waals surface area contributed by atoms with E-state index >= 15 is 0 Å². The van der Waals surface area contributed by atoms with E-state index in [-0.39, 0.29) is 27.8 Å². The van der Waals surface area contributed by atoms with E-state index in [1.807, 2.05) is 0 Å². The topological polar surface area (TPSA) is 67.2 Å². The van der Waals surface area contributed by atoms with Gasteiger partial charge in [0.05, 0.1) is 16.3 Å². The predicted molar refractivity (Wildman–Crippen MR) is 107 cm³/mol. The van der Waals surface area contributed by atoms with Gasteiger partial charge in [0.1, 0.15) is 17.0 Å². The average Bonchev–Trinajstić information content (AvgIpc) is 3.03. The molecule has 0 aliphatic carbocycles. The van der Waals surface area contributed by atoms with Gasteiger partial charge in [0, 0.05) is 5.56 Å². The van der Waals surface area contributed by atoms with Crippen molar-refractivity contribution >= 4 is 40.5 Å². The number of aryl methyl sites for hydroxylation is 1. The number of rotatable bonds is 3. The largest absolute Gasteiger partial charge is 0.418 e. The molecular weight excluding hydrogens is 427 g/mol. The molecular formula is C19H13ClF3N3O2S. The third-order valence-corrected chi connectivity index (χ3v) is 4.46. The van der Waals surface area contributed by atoms with Crippen molar-refractivity contribution in [1.82, 2.24) is 10.5 Å². The number of thiocarbonyl (C=S) groups is 1. The van der Waals surface area contributed by atoms with Gasteiger partial charge < -0.3 is 9.84 Å². The molecule has 0 atom stereocenters. The molecule has 2 N–H and O–H groups in total. The fourth-order valence-corrected chi connectivity index (χ4v) is 3.06. The van der Waals surface area contributed by atoms with Crippen LogP contribution in [-0.4, -0.2) is 16.2 Å². The Morgan fingerprint density at radius 3 is 2.48 bits per heavy atom. The smallest absolute Gasteiger partial charge is 0.360 e. The molecule has 0 spiro atoms. The maximum absolute atomic E-state index is 13.1. The zero-order valence-corrected chi connectivity index (χ0v) is 16.4. The number of nitrogens with one attached hydrogen (secondary N) is 2. The van der Waals surface area contributed by atoms with E-state index in [9.17, 15) is 18.0 Å². The highest BCUT2D eigenvalue weighted by molar-refractivity contribution is 7.80. The molecule has 0 saturated heterocycles. The van der Waals surface area contributed by atoms with Crippen LogP contribution in [0.5, 0.6) is 0 Å². The van der Waals surface area contributed by atoms with Crippen LogP contribution in [-0.2, 0) is 6.18 Å². The summed E-state index contributed by atoms with van der Waals surface area (Å²) in [5.74, 6) is -0.489. The fraction of sp³-hybridized carbons (Fsp3) is 0.105. The first kappa shape index (κ1) is 20.8. The van der Waals surface area contributed by atoms with Gasteiger partial charge in [-0.05, 0) is 37.3 Å². The third kappa shape index (κ3) is 4.57. The number of para-hydroxylation sites is 1. The lowest BCUT2D eigenvalue weighted by Crippen LogP contribution is -2.35. The third-order valence-electron chi connectivity index (χ3n) is 3.93. The molecule has 0 aliphatic heterocycles. The summed E-state index contributed by atoms with van der Waals surface area (Å²) in [5.41, 5.74) is -0.443. The SMILES string of the molecule is Cc1onc(-c2ccccc2Cl)c1C(=O)NC(=S)Nc1ccccc1C(F)(F)F. The molecule has 5 nitrogen and oxygen atoms in total. The lowest BCUT2D eigenvalue weighted by Gasteiger charge is -2.15. The molecule has 1 heterocycles. The Morgan fingerprint density at radius 2 is 1.79 bits per heavy atom. The summed E-state index contributed by atoms with van der Waals surface area (Å²) in [5, 5.41) is 8.67. The highest BCUT2D eigenvalue weighted by Gasteiger charge is 2.33. The Balaban J connectivity index is 1.83. The van der Waals surface area contributed by atoms with Gasteiger partial charge in [-0.1, -0.05) is 47.1 Å². The van der Waals surface area contributed by atoms with Crippen LogP contribution in [0.15, 0.2) is 53.1 Å². The fourth-order valence-electron chi connectivity index (χ4n) is 2.64. The number of benzene rings is 2. The van der Waals surface area contributed by atoms with Crippen molar-refractivity contribution < 1.29 is 22.5 Å². The van der Waals surface area contributed by atoms with E-state index in [2.05, 4.69) is 15.8 Å². The van der Waals surface area contributed by atoms with E-state index in [0.717, 1.165) is 6.07 Å². The Hall–Kier alpha value is -2.91. The first-order chi connectivity index (χ1) is 13.7. The predicted octanol–water partition coefficient (Wildman–Crippen LogP) is 5.45. The van der Waals surface area contributed by atoms with Gasteiger partial charge in [-0.15, -0.1) is 0 Å². The van der Waals surface area contributed by atoms with E-state index < -0.39 is 17.6 Å². The van der Waals surface area contributed by atoms with Gasteiger partial charge in [-0.25, -0.2) is 0 Å². The summed E-state index contributed by atoms with van der Waals surface area (Å²) in [6, 6.07) is 11.5. The monoisotopic (exact) mass is 439 g/mol. The van der Waals surface area contributed by atoms with Crippen molar-refractivity contribution in [3.63, 3.8) is 0 Å². The molecule has 0 fully saturated rings. The zero-order valence-electron chi connectivity index (χ0n) is 14.8. The molecule has 10 heteroatoms. The maximum atomic E-state index is 13.1. The molecule has 1 aromatic heterocycles. The summed E-state index contributed by atoms with van der Waals surface area (Å²) in [6.45, 7) is 1.53. The van der Waals surface area contributed by atoms with Crippen LogP contribution in [0.2, 0.25) is 5.02 Å². The van der Waals surface area contributed by atoms with Crippen LogP contribution in [0.1, 0.15) is 21.7 Å². The lowest BCUT2D eigenvalue weighted by molar-refractivity contribution is -0.136. The number of anilines is 1. The second-order valence-corrected chi connectivity index (χ2v) is 6.71. The van der Waals surface area contributed by atoms with Crippen molar-refractivity contribution in [2.24, 2.45) is 0 Å². The number of amides is 1. The Kier molecular flexibility index (Phi) is 5.90. The van der Waals surface area contributed by atoms with Crippen LogP contribution >= 0.6 is 23.8 Å². The number of carbonyl (C=O) groups excluding carboxylic acids is 1. The average molecular weight is 440 g/mol. The van der Waals surface area contributed by atoms with E-state index in [1.165, 1.54) is 25.1 Å². The van der Waals surface area contributed by atoms with Crippen molar-refractivity contribution in [1.29, 1.82) is 0 Å². The summed E-state index contributed by atoms with van der Waals surface area (Å²) in [6.07, 6.45) is -4.58. The highest BCUT2D eigenvalue weighted by atomic mass is 35.5. The van der Waals surface area contributed by atoms with Crippen molar-refractivity contribution in [3.8, 4) is 11.3 Å². The molecule has 0 saturated carbocycles. The minimum atomic E-state index is -4.58. The van der Waals surface area contributed by atoms with Crippen LogP contribution in [0.25, 0.3) is 11.3 Å². The number of hydrogen-bond donors (Lipinski definition) is 2. The first-order valence-electron chi connectivity index (χ1n) is 8.18. The van der Waals surface area contributed by atoms with Crippen LogP contribution in [0.4, 0.5) is 18.9 Å². The lowest BCUT2D eigenvalue weighted by atomic mass is 10.1. The molecule has 3 rings (SSSR count). The van der Waals surface area contributed by atoms with Gasteiger partial charge in [0.25, 0.3) is 5.91 Å². The normalized spacial score (nSPS) is 11.2. The van der Waals surface area contributed by atoms with Gasteiger partial charge in [0.2, 0.25) is 0 Å². The number of aromatic nitrogens is 1. The van der Waals surface area contributed by atoms with Crippen molar-refractivity contribution in [2.75, 3.05) is 5.32 Å². The Morgan fingerprint density at radius 1 is 1.14 bits per heavy atom. The quantitative estimate of drug-likeness (QED) is 0.531. The number of hydrogen-bond acceptors (Lipinski definition) is 4. The number of carbonyl (C=O) groups is 1. The van der Waals surface area contributed by atoms with Crippen molar-refractivity contribution in [3.05, 3.63) is 70.4 Å². The molecule has 29 heavy (non-hydrogen) atoms. The molecule has 150 valence electrons. The molecule has 0 bridgehead atoms. The molecule has 1 amide bonds. The molecule has 0 unspecified atom stereocenters. The zero-order chi connectivity index (χ0) is 21.2. The van der Waals surface area contributed by atoms with Gasteiger partial charge >= 0.3 is 6.18 Å². The van der Waals surface area contributed by atoms with Crippen LogP contribution in [0.3, 0.4) is 0 Å². The Labute approximate surface area is 173 Å². The second kappa shape index (κ2) is 8.22. The first-order valence-corrected chi connectivity index (χ1v) is 8.97. The number of halogens is 4. The van der Waals surface area contributed by atoms with Gasteiger partial charge in [-0.3, -0.25) is 10.1 Å². The number of nitrogens with zero attached hydrogens (tertiary/aromatic N) is 1. The standard InChI is InChI=1S/C19H13ClF3N3O2S/c1-10-15(16(26-28-10)11-6-2-4-8-13(11)20)17(27)25-18(29)24-14-9-5-3-7-12(14)19(21,22)23/h2-9H,1H3,(H2,24,25,27,29). The summed E-state index contributed by atoms with van der Waals surface area (Å²) in [4.78, 5) is 12.7. The molecule has 3 aromatic rings. The Bertz CT molecular complexity index is 1080. The molecule has 0 aliphatic rings. The van der Waals surface area contributed by atoms with E-state index in [1.54, 1.807) is 24.3 Å². The van der Waals surface area contributed by atoms with E-state index in [4.69, 9.17) is 28.3 Å². The van der Waals surface area contributed by atoms with Gasteiger partial charge in [-0.2, -0.15) is 13.2 Å². The maximum Gasteiger partial charge on any atom is 0.418 e. The minimum Gasteiger partial charge on any atom is -0.360 e. The summed E-state index contributed by atoms with van der Waals surface area (Å²) < 4.78 is 44.4. The molecule has 0 radical (unpaired) electrons. The van der Waals surface area contributed by atoms with Crippen LogP contribution < -0.4 is 10.6 Å². The van der Waals surface area contributed by atoms with Crippen LogP contribution in [0, 0.1) is 6.92 Å². The summed E-state index contributed by atoms with van der Waals surface area (Å²) in [7, 11) is 0. The van der Waals surface area contributed by atoms with E-state index in [0.29, 0.717) is 10.6 Å². The highest BCUT2D eigenvalue weighted by Crippen LogP contribution is 2.34. The number of alkyl halides is 3.